The molecule has 2 aliphatic heterocycles. The Labute approximate surface area is 114 Å². The van der Waals surface area contributed by atoms with Crippen LogP contribution in [0.25, 0.3) is 0 Å². The minimum Gasteiger partial charge on any atom is -0.469 e. The molecule has 1 atom stereocenters. The van der Waals surface area contributed by atoms with Crippen molar-refractivity contribution >= 4 is 5.97 Å². The van der Waals surface area contributed by atoms with Gasteiger partial charge in [-0.15, -0.1) is 0 Å². The molecule has 6 nitrogen and oxygen atoms in total. The summed E-state index contributed by atoms with van der Waals surface area (Å²) in [5.41, 5.74) is 0. The first kappa shape index (κ1) is 14.7. The number of esters is 1. The minimum atomic E-state index is -0.127. The van der Waals surface area contributed by atoms with Crippen LogP contribution in [0.3, 0.4) is 0 Å². The molecule has 2 aliphatic rings. The molecule has 0 spiro atoms. The van der Waals surface area contributed by atoms with E-state index in [4.69, 9.17) is 9.47 Å². The monoisotopic (exact) mass is 272 g/mol. The van der Waals surface area contributed by atoms with E-state index in [9.17, 15) is 4.79 Å². The molecule has 0 aliphatic carbocycles. The Kier molecular flexibility index (Phi) is 6.03. The Morgan fingerprint density at radius 3 is 2.63 bits per heavy atom. The summed E-state index contributed by atoms with van der Waals surface area (Å²) in [7, 11) is 1.44. The van der Waals surface area contributed by atoms with E-state index in [2.05, 4.69) is 14.5 Å². The first-order valence-corrected chi connectivity index (χ1v) is 6.99. The van der Waals surface area contributed by atoms with Gasteiger partial charge in [-0.2, -0.15) is 0 Å². The SMILES string of the molecule is COC(=O)CCN1CCN(CC2CCOCO2)CC1. The fraction of sp³-hybridized carbons (Fsp3) is 0.923. The normalized spacial score (nSPS) is 26.3. The van der Waals surface area contributed by atoms with E-state index in [1.807, 2.05) is 0 Å². The van der Waals surface area contributed by atoms with Gasteiger partial charge in [-0.3, -0.25) is 9.69 Å². The number of nitrogens with zero attached hydrogens (tertiary/aromatic N) is 2. The van der Waals surface area contributed by atoms with E-state index in [1.165, 1.54) is 7.11 Å². The molecule has 0 aromatic heterocycles. The van der Waals surface area contributed by atoms with Gasteiger partial charge in [0.2, 0.25) is 0 Å². The first-order chi connectivity index (χ1) is 9.28. The second-order valence-electron chi connectivity index (χ2n) is 5.07. The summed E-state index contributed by atoms with van der Waals surface area (Å²) in [5, 5.41) is 0. The molecule has 0 radical (unpaired) electrons. The van der Waals surface area contributed by atoms with Gasteiger partial charge in [0.15, 0.2) is 0 Å². The van der Waals surface area contributed by atoms with Gasteiger partial charge in [-0.25, -0.2) is 0 Å². The molecule has 0 saturated carbocycles. The molecule has 19 heavy (non-hydrogen) atoms. The van der Waals surface area contributed by atoms with Gasteiger partial charge in [0, 0.05) is 39.3 Å². The summed E-state index contributed by atoms with van der Waals surface area (Å²) >= 11 is 0. The molecule has 6 heteroatoms. The maximum atomic E-state index is 11.1. The van der Waals surface area contributed by atoms with Gasteiger partial charge in [-0.1, -0.05) is 0 Å². The number of methoxy groups -OCH3 is 1. The van der Waals surface area contributed by atoms with E-state index >= 15 is 0 Å². The number of hydrogen-bond donors (Lipinski definition) is 0. The largest absolute Gasteiger partial charge is 0.469 e. The molecule has 2 heterocycles. The lowest BCUT2D eigenvalue weighted by molar-refractivity contribution is -0.146. The average Bonchev–Trinajstić information content (AvgIpc) is 2.47. The summed E-state index contributed by atoms with van der Waals surface area (Å²) < 4.78 is 15.4. The second-order valence-corrected chi connectivity index (χ2v) is 5.07. The van der Waals surface area contributed by atoms with Crippen molar-refractivity contribution in [3.05, 3.63) is 0 Å². The molecular weight excluding hydrogens is 248 g/mol. The fourth-order valence-corrected chi connectivity index (χ4v) is 2.48. The highest BCUT2D eigenvalue weighted by molar-refractivity contribution is 5.69. The van der Waals surface area contributed by atoms with Crippen molar-refractivity contribution in [1.29, 1.82) is 0 Å². The Hall–Kier alpha value is -0.690. The maximum absolute atomic E-state index is 11.1. The van der Waals surface area contributed by atoms with Crippen LogP contribution in [0.2, 0.25) is 0 Å². The number of ether oxygens (including phenoxy) is 3. The molecule has 110 valence electrons. The maximum Gasteiger partial charge on any atom is 0.306 e. The highest BCUT2D eigenvalue weighted by Gasteiger charge is 2.22. The van der Waals surface area contributed by atoms with Crippen molar-refractivity contribution in [2.75, 3.05) is 59.8 Å². The zero-order valence-corrected chi connectivity index (χ0v) is 11.7. The standard InChI is InChI=1S/C13H24N2O4/c1-17-13(16)2-4-14-5-7-15(8-6-14)10-12-3-9-18-11-19-12/h12H,2-11H2,1H3. The van der Waals surface area contributed by atoms with Gasteiger partial charge in [0.25, 0.3) is 0 Å². The van der Waals surface area contributed by atoms with Gasteiger partial charge in [0.1, 0.15) is 6.79 Å². The number of piperazine rings is 1. The first-order valence-electron chi connectivity index (χ1n) is 6.99. The van der Waals surface area contributed by atoms with Gasteiger partial charge in [0.05, 0.1) is 26.2 Å². The zero-order valence-electron chi connectivity index (χ0n) is 11.7. The third-order valence-corrected chi connectivity index (χ3v) is 3.76. The molecule has 2 rings (SSSR count). The predicted octanol–water partition coefficient (Wildman–Crippen LogP) is -0.0699. The van der Waals surface area contributed by atoms with Gasteiger partial charge in [-0.05, 0) is 6.42 Å². The third-order valence-electron chi connectivity index (χ3n) is 3.76. The van der Waals surface area contributed by atoms with E-state index in [1.54, 1.807) is 0 Å². The smallest absolute Gasteiger partial charge is 0.306 e. The minimum absolute atomic E-state index is 0.127. The van der Waals surface area contributed by atoms with Crippen LogP contribution < -0.4 is 0 Å². The quantitative estimate of drug-likeness (QED) is 0.653. The Bertz CT molecular complexity index is 274. The number of hydrogen-bond acceptors (Lipinski definition) is 6. The van der Waals surface area contributed by atoms with E-state index in [-0.39, 0.29) is 5.97 Å². The second kappa shape index (κ2) is 7.79. The van der Waals surface area contributed by atoms with Crippen LogP contribution in [0.1, 0.15) is 12.8 Å². The average molecular weight is 272 g/mol. The molecule has 0 N–H and O–H groups in total. The van der Waals surface area contributed by atoms with Crippen LogP contribution in [-0.2, 0) is 19.0 Å². The van der Waals surface area contributed by atoms with Crippen LogP contribution in [0.4, 0.5) is 0 Å². The highest BCUT2D eigenvalue weighted by Crippen LogP contribution is 2.10. The molecule has 0 bridgehead atoms. The van der Waals surface area contributed by atoms with Crippen LogP contribution in [0.5, 0.6) is 0 Å². The van der Waals surface area contributed by atoms with Gasteiger partial charge < -0.3 is 19.1 Å². The molecule has 2 saturated heterocycles. The van der Waals surface area contributed by atoms with E-state index in [0.29, 0.717) is 19.3 Å². The molecule has 0 amide bonds. The summed E-state index contributed by atoms with van der Waals surface area (Å²) in [5.74, 6) is -0.127. The summed E-state index contributed by atoms with van der Waals surface area (Å²) in [4.78, 5) is 15.8. The van der Waals surface area contributed by atoms with E-state index in [0.717, 1.165) is 52.3 Å². The molecule has 1 unspecified atom stereocenters. The lowest BCUT2D eigenvalue weighted by Crippen LogP contribution is -2.49. The topological polar surface area (TPSA) is 51.2 Å². The lowest BCUT2D eigenvalue weighted by Gasteiger charge is -2.36. The molecule has 0 aromatic carbocycles. The van der Waals surface area contributed by atoms with Crippen molar-refractivity contribution in [1.82, 2.24) is 9.80 Å². The number of carbonyl (C=O) groups excluding carboxylic acids is 1. The Balaban J connectivity index is 1.60. The van der Waals surface area contributed by atoms with Gasteiger partial charge >= 0.3 is 5.97 Å². The molecule has 2 fully saturated rings. The summed E-state index contributed by atoms with van der Waals surface area (Å²) in [6.07, 6.45) is 1.79. The summed E-state index contributed by atoms with van der Waals surface area (Å²) in [6, 6.07) is 0. The van der Waals surface area contributed by atoms with Crippen molar-refractivity contribution < 1.29 is 19.0 Å². The van der Waals surface area contributed by atoms with Crippen LogP contribution in [0.15, 0.2) is 0 Å². The van der Waals surface area contributed by atoms with Crippen molar-refractivity contribution in [2.24, 2.45) is 0 Å². The third kappa shape index (κ3) is 5.06. The van der Waals surface area contributed by atoms with Crippen LogP contribution >= 0.6 is 0 Å². The Morgan fingerprint density at radius 2 is 2.00 bits per heavy atom. The highest BCUT2D eigenvalue weighted by atomic mass is 16.7. The predicted molar refractivity (Wildman–Crippen MR) is 69.8 cm³/mol. The molecular formula is C13H24N2O4. The Morgan fingerprint density at radius 1 is 1.26 bits per heavy atom. The number of rotatable bonds is 5. The summed E-state index contributed by atoms with van der Waals surface area (Å²) in [6.45, 7) is 7.15. The van der Waals surface area contributed by atoms with Crippen molar-refractivity contribution in [3.63, 3.8) is 0 Å². The van der Waals surface area contributed by atoms with E-state index < -0.39 is 0 Å². The fourth-order valence-electron chi connectivity index (χ4n) is 2.48. The van der Waals surface area contributed by atoms with Crippen LogP contribution in [0, 0.1) is 0 Å². The van der Waals surface area contributed by atoms with Crippen LogP contribution in [-0.4, -0.2) is 81.7 Å². The lowest BCUT2D eigenvalue weighted by atomic mass is 10.2. The van der Waals surface area contributed by atoms with Crippen molar-refractivity contribution in [2.45, 2.75) is 18.9 Å². The molecule has 0 aromatic rings. The number of carbonyl (C=O) groups is 1. The zero-order chi connectivity index (χ0) is 13.5. The van der Waals surface area contributed by atoms with Crippen molar-refractivity contribution in [3.8, 4) is 0 Å².